The van der Waals surface area contributed by atoms with Crippen LogP contribution in [-0.4, -0.2) is 18.3 Å². The van der Waals surface area contributed by atoms with Gasteiger partial charge in [-0.3, -0.25) is 0 Å². The first-order valence-corrected chi connectivity index (χ1v) is 7.74. The Hall–Kier alpha value is -0.315. The molecule has 1 aromatic carbocycles. The summed E-state index contributed by atoms with van der Waals surface area (Å²) < 4.78 is 13.4. The van der Waals surface area contributed by atoms with Gasteiger partial charge in [0.25, 0.3) is 0 Å². The average molecular weight is 323 g/mol. The van der Waals surface area contributed by atoms with Crippen LogP contribution in [-0.2, 0) is 9.31 Å². The van der Waals surface area contributed by atoms with E-state index in [0.717, 1.165) is 4.47 Å². The van der Waals surface area contributed by atoms with E-state index in [0.29, 0.717) is 5.92 Å². The summed E-state index contributed by atoms with van der Waals surface area (Å²) in [6.07, 6.45) is 2.57. The van der Waals surface area contributed by atoms with Crippen molar-refractivity contribution < 1.29 is 9.31 Å². The summed E-state index contributed by atoms with van der Waals surface area (Å²) in [7, 11) is -0.252. The van der Waals surface area contributed by atoms with E-state index in [2.05, 4.69) is 61.8 Å². The lowest BCUT2D eigenvalue weighted by atomic mass is 9.75. The van der Waals surface area contributed by atoms with Crippen molar-refractivity contribution in [3.63, 3.8) is 0 Å². The second-order valence-corrected chi connectivity index (χ2v) is 7.55. The highest BCUT2D eigenvalue weighted by Crippen LogP contribution is 2.42. The van der Waals surface area contributed by atoms with Crippen molar-refractivity contribution >= 4 is 28.5 Å². The summed E-state index contributed by atoms with van der Waals surface area (Å²) in [6, 6.07) is 6.47. The Morgan fingerprint density at radius 2 is 1.68 bits per heavy atom. The minimum atomic E-state index is -0.277. The van der Waals surface area contributed by atoms with Crippen LogP contribution in [0.4, 0.5) is 0 Å². The Morgan fingerprint density at radius 3 is 2.21 bits per heavy atom. The van der Waals surface area contributed by atoms with E-state index in [9.17, 15) is 0 Å². The van der Waals surface area contributed by atoms with Crippen molar-refractivity contribution in [2.45, 2.75) is 57.7 Å². The summed E-state index contributed by atoms with van der Waals surface area (Å²) in [4.78, 5) is 0. The zero-order valence-electron chi connectivity index (χ0n) is 12.0. The fourth-order valence-corrected chi connectivity index (χ4v) is 2.86. The lowest BCUT2D eigenvalue weighted by molar-refractivity contribution is 0.00578. The first-order chi connectivity index (χ1) is 8.80. The topological polar surface area (TPSA) is 18.5 Å². The van der Waals surface area contributed by atoms with E-state index in [1.54, 1.807) is 0 Å². The number of halogens is 1. The molecule has 0 N–H and O–H groups in total. The Labute approximate surface area is 124 Å². The molecule has 2 aliphatic rings. The van der Waals surface area contributed by atoms with Crippen LogP contribution in [0.25, 0.3) is 0 Å². The molecule has 1 aliphatic heterocycles. The standard InChI is InChI=1S/C15H20BBrO2/c1-14(2)15(3,4)19-16(18-14)13-9-11(17)7-8-12(13)10-5-6-10/h7-10H,5-6H2,1-4H3. The fourth-order valence-electron chi connectivity index (χ4n) is 2.49. The zero-order valence-corrected chi connectivity index (χ0v) is 13.6. The van der Waals surface area contributed by atoms with E-state index < -0.39 is 0 Å². The summed E-state index contributed by atoms with van der Waals surface area (Å²) in [6.45, 7) is 8.40. The lowest BCUT2D eigenvalue weighted by Gasteiger charge is -2.32. The van der Waals surface area contributed by atoms with E-state index >= 15 is 0 Å². The number of hydrogen-bond acceptors (Lipinski definition) is 2. The highest BCUT2D eigenvalue weighted by atomic mass is 79.9. The first kappa shape index (κ1) is 13.7. The van der Waals surface area contributed by atoms with Crippen LogP contribution in [0.1, 0.15) is 52.0 Å². The maximum Gasteiger partial charge on any atom is 0.495 e. The predicted molar refractivity (Wildman–Crippen MR) is 81.8 cm³/mol. The van der Waals surface area contributed by atoms with E-state index in [4.69, 9.17) is 9.31 Å². The zero-order chi connectivity index (χ0) is 13.8. The molecule has 1 saturated carbocycles. The van der Waals surface area contributed by atoms with Gasteiger partial charge in [-0.2, -0.15) is 0 Å². The van der Waals surface area contributed by atoms with Crippen molar-refractivity contribution in [2.75, 3.05) is 0 Å². The minimum absolute atomic E-state index is 0.252. The van der Waals surface area contributed by atoms with Gasteiger partial charge >= 0.3 is 7.12 Å². The Kier molecular flexibility index (Phi) is 3.12. The Bertz CT molecular complexity index is 493. The van der Waals surface area contributed by atoms with Gasteiger partial charge in [-0.05, 0) is 69.6 Å². The molecule has 1 heterocycles. The van der Waals surface area contributed by atoms with Gasteiger partial charge in [-0.1, -0.05) is 22.0 Å². The van der Waals surface area contributed by atoms with Crippen molar-refractivity contribution in [3.8, 4) is 0 Å². The van der Waals surface area contributed by atoms with E-state index in [-0.39, 0.29) is 18.3 Å². The van der Waals surface area contributed by atoms with Crippen LogP contribution in [0.2, 0.25) is 0 Å². The molecule has 2 nitrogen and oxygen atoms in total. The average Bonchev–Trinajstić information content (AvgIpc) is 3.07. The molecule has 19 heavy (non-hydrogen) atoms. The molecule has 0 amide bonds. The largest absolute Gasteiger partial charge is 0.495 e. The molecule has 102 valence electrons. The molecule has 1 aliphatic carbocycles. The molecule has 3 rings (SSSR count). The summed E-state index contributed by atoms with van der Waals surface area (Å²) >= 11 is 3.56. The molecule has 0 aromatic heterocycles. The Morgan fingerprint density at radius 1 is 1.11 bits per heavy atom. The summed E-state index contributed by atoms with van der Waals surface area (Å²) in [5.74, 6) is 0.696. The van der Waals surface area contributed by atoms with Gasteiger partial charge in [0.15, 0.2) is 0 Å². The van der Waals surface area contributed by atoms with Crippen LogP contribution < -0.4 is 5.46 Å². The van der Waals surface area contributed by atoms with E-state index in [1.807, 2.05) is 0 Å². The molecule has 2 fully saturated rings. The van der Waals surface area contributed by atoms with Crippen molar-refractivity contribution in [1.82, 2.24) is 0 Å². The molecule has 0 radical (unpaired) electrons. The number of benzene rings is 1. The fraction of sp³-hybridized carbons (Fsp3) is 0.600. The molecule has 0 unspecified atom stereocenters. The van der Waals surface area contributed by atoms with Crippen LogP contribution in [0.3, 0.4) is 0 Å². The molecule has 1 aromatic rings. The quantitative estimate of drug-likeness (QED) is 0.774. The first-order valence-electron chi connectivity index (χ1n) is 6.95. The highest BCUT2D eigenvalue weighted by molar-refractivity contribution is 9.10. The van der Waals surface area contributed by atoms with E-state index in [1.165, 1.54) is 23.9 Å². The molecule has 0 bridgehead atoms. The summed E-state index contributed by atoms with van der Waals surface area (Å²) in [5, 5.41) is 0. The van der Waals surface area contributed by atoms with Gasteiger partial charge in [0.1, 0.15) is 0 Å². The normalized spacial score (nSPS) is 24.8. The molecular formula is C15H20BBrO2. The smallest absolute Gasteiger partial charge is 0.399 e. The van der Waals surface area contributed by atoms with Gasteiger partial charge in [-0.15, -0.1) is 0 Å². The molecule has 4 heteroatoms. The summed E-state index contributed by atoms with van der Waals surface area (Å²) in [5.41, 5.74) is 2.03. The van der Waals surface area contributed by atoms with Crippen LogP contribution in [0, 0.1) is 0 Å². The predicted octanol–water partition coefficient (Wildman–Crippen LogP) is 3.63. The maximum absolute atomic E-state index is 6.18. The highest BCUT2D eigenvalue weighted by Gasteiger charge is 2.52. The molecular weight excluding hydrogens is 303 g/mol. The van der Waals surface area contributed by atoms with Crippen LogP contribution in [0.15, 0.2) is 22.7 Å². The van der Waals surface area contributed by atoms with Crippen molar-refractivity contribution in [3.05, 3.63) is 28.2 Å². The van der Waals surface area contributed by atoms with Gasteiger partial charge in [-0.25, -0.2) is 0 Å². The van der Waals surface area contributed by atoms with Crippen molar-refractivity contribution in [2.24, 2.45) is 0 Å². The monoisotopic (exact) mass is 322 g/mol. The van der Waals surface area contributed by atoms with Gasteiger partial charge in [0, 0.05) is 4.47 Å². The SMILES string of the molecule is CC1(C)OB(c2cc(Br)ccc2C2CC2)OC1(C)C. The second-order valence-electron chi connectivity index (χ2n) is 6.64. The molecule has 0 atom stereocenters. The third-order valence-corrected chi connectivity index (χ3v) is 5.07. The molecule has 1 saturated heterocycles. The van der Waals surface area contributed by atoms with Gasteiger partial charge in [0.05, 0.1) is 11.2 Å². The maximum atomic E-state index is 6.18. The Balaban J connectivity index is 1.97. The van der Waals surface area contributed by atoms with Gasteiger partial charge in [0.2, 0.25) is 0 Å². The minimum Gasteiger partial charge on any atom is -0.399 e. The van der Waals surface area contributed by atoms with Crippen LogP contribution in [0.5, 0.6) is 0 Å². The number of rotatable bonds is 2. The number of hydrogen-bond donors (Lipinski definition) is 0. The second kappa shape index (κ2) is 4.34. The molecule has 0 spiro atoms. The van der Waals surface area contributed by atoms with Gasteiger partial charge < -0.3 is 9.31 Å². The van der Waals surface area contributed by atoms with Crippen LogP contribution >= 0.6 is 15.9 Å². The van der Waals surface area contributed by atoms with Crippen molar-refractivity contribution in [1.29, 1.82) is 0 Å². The lowest BCUT2D eigenvalue weighted by Crippen LogP contribution is -2.41. The third kappa shape index (κ3) is 2.39. The third-order valence-electron chi connectivity index (χ3n) is 4.57.